The minimum absolute atomic E-state index is 0.0244. The molecule has 0 saturated heterocycles. The average Bonchev–Trinajstić information content (AvgIpc) is 2.68. The largest absolute Gasteiger partial charge is 0.506 e. The molecule has 2 aromatic carbocycles. The molecular formula is C21H19N3O3. The molecule has 0 bridgehead atoms. The first-order valence-corrected chi connectivity index (χ1v) is 8.89. The van der Waals surface area contributed by atoms with E-state index in [1.54, 1.807) is 12.1 Å². The van der Waals surface area contributed by atoms with Gasteiger partial charge in [0.25, 0.3) is 0 Å². The number of anilines is 1. The van der Waals surface area contributed by atoms with Crippen molar-refractivity contribution in [3.8, 4) is 17.0 Å². The number of fused-ring (bicyclic) bond motifs is 2. The van der Waals surface area contributed by atoms with Gasteiger partial charge in [0, 0.05) is 24.8 Å². The summed E-state index contributed by atoms with van der Waals surface area (Å²) in [7, 11) is 0. The second kappa shape index (κ2) is 6.72. The molecule has 0 aliphatic heterocycles. The van der Waals surface area contributed by atoms with Crippen LogP contribution in [0, 0.1) is 0 Å². The fourth-order valence-corrected chi connectivity index (χ4v) is 3.26. The molecule has 4 rings (SSSR count). The molecule has 27 heavy (non-hydrogen) atoms. The van der Waals surface area contributed by atoms with Gasteiger partial charge in [-0.25, -0.2) is 9.78 Å². The van der Waals surface area contributed by atoms with E-state index in [0.717, 1.165) is 24.3 Å². The van der Waals surface area contributed by atoms with Crippen LogP contribution >= 0.6 is 0 Å². The summed E-state index contributed by atoms with van der Waals surface area (Å²) < 4.78 is 5.51. The van der Waals surface area contributed by atoms with E-state index in [9.17, 15) is 9.90 Å². The lowest BCUT2D eigenvalue weighted by Gasteiger charge is -2.21. The van der Waals surface area contributed by atoms with Gasteiger partial charge in [0.05, 0.1) is 22.6 Å². The Balaban J connectivity index is 1.91. The number of aromatic nitrogens is 2. The van der Waals surface area contributed by atoms with Gasteiger partial charge in [0.1, 0.15) is 22.6 Å². The fraction of sp³-hybridized carbons (Fsp3) is 0.190. The van der Waals surface area contributed by atoms with Gasteiger partial charge in [-0.15, -0.1) is 0 Å². The average molecular weight is 361 g/mol. The molecule has 4 aromatic rings. The quantitative estimate of drug-likeness (QED) is 0.554. The van der Waals surface area contributed by atoms with Crippen molar-refractivity contribution in [2.45, 2.75) is 13.8 Å². The number of benzene rings is 2. The number of hydrogen-bond acceptors (Lipinski definition) is 6. The molecule has 0 saturated carbocycles. The molecule has 0 spiro atoms. The fourth-order valence-electron chi connectivity index (χ4n) is 3.26. The van der Waals surface area contributed by atoms with Crippen molar-refractivity contribution < 1.29 is 9.52 Å². The molecule has 6 nitrogen and oxygen atoms in total. The third kappa shape index (κ3) is 2.89. The second-order valence-electron chi connectivity index (χ2n) is 6.21. The first-order chi connectivity index (χ1) is 13.1. The summed E-state index contributed by atoms with van der Waals surface area (Å²) in [6.07, 6.45) is 1.48. The highest BCUT2D eigenvalue weighted by molar-refractivity contribution is 5.92. The SMILES string of the molecule is CCN(CC)c1ccc2c(O)c(-c3cnc4ccccc4n3)c(=O)oc2c1. The molecule has 0 radical (unpaired) electrons. The van der Waals surface area contributed by atoms with E-state index in [2.05, 4.69) is 28.7 Å². The second-order valence-corrected chi connectivity index (χ2v) is 6.21. The Bertz CT molecular complexity index is 1200. The van der Waals surface area contributed by atoms with E-state index in [4.69, 9.17) is 4.42 Å². The van der Waals surface area contributed by atoms with Crippen LogP contribution in [0.25, 0.3) is 33.3 Å². The topological polar surface area (TPSA) is 79.5 Å². The highest BCUT2D eigenvalue weighted by atomic mass is 16.4. The Morgan fingerprint density at radius 3 is 2.56 bits per heavy atom. The number of rotatable bonds is 4. The van der Waals surface area contributed by atoms with Crippen LogP contribution in [0.2, 0.25) is 0 Å². The molecule has 0 atom stereocenters. The van der Waals surface area contributed by atoms with Gasteiger partial charge in [0.2, 0.25) is 0 Å². The summed E-state index contributed by atoms with van der Waals surface area (Å²) in [5, 5.41) is 11.2. The van der Waals surface area contributed by atoms with Crippen molar-refractivity contribution in [3.05, 3.63) is 59.1 Å². The summed E-state index contributed by atoms with van der Waals surface area (Å²) in [6.45, 7) is 5.79. The van der Waals surface area contributed by atoms with Gasteiger partial charge >= 0.3 is 5.63 Å². The maximum atomic E-state index is 12.6. The molecule has 0 aliphatic carbocycles. The van der Waals surface area contributed by atoms with Crippen LogP contribution in [-0.4, -0.2) is 28.2 Å². The molecule has 2 aromatic heterocycles. The Labute approximate surface area is 155 Å². The van der Waals surface area contributed by atoms with Crippen LogP contribution in [0.3, 0.4) is 0 Å². The maximum Gasteiger partial charge on any atom is 0.349 e. The number of aromatic hydroxyl groups is 1. The summed E-state index contributed by atoms with van der Waals surface area (Å²) in [5.74, 6) is -0.142. The van der Waals surface area contributed by atoms with Crippen molar-refractivity contribution in [3.63, 3.8) is 0 Å². The van der Waals surface area contributed by atoms with Crippen molar-refractivity contribution in [2.75, 3.05) is 18.0 Å². The lowest BCUT2D eigenvalue weighted by Crippen LogP contribution is -2.21. The number of para-hydroxylation sites is 2. The molecule has 0 amide bonds. The zero-order chi connectivity index (χ0) is 19.0. The van der Waals surface area contributed by atoms with Gasteiger partial charge in [-0.1, -0.05) is 12.1 Å². The van der Waals surface area contributed by atoms with Gasteiger partial charge in [-0.3, -0.25) is 4.98 Å². The van der Waals surface area contributed by atoms with E-state index >= 15 is 0 Å². The molecule has 6 heteroatoms. The Kier molecular flexibility index (Phi) is 4.24. The van der Waals surface area contributed by atoms with Crippen LogP contribution in [0.5, 0.6) is 5.75 Å². The van der Waals surface area contributed by atoms with Crippen molar-refractivity contribution in [1.82, 2.24) is 9.97 Å². The van der Waals surface area contributed by atoms with E-state index in [1.807, 2.05) is 30.3 Å². The standard InChI is InChI=1S/C21H19N3O3/c1-3-24(4-2)13-9-10-14-18(11-13)27-21(26)19(20(14)25)17-12-22-15-7-5-6-8-16(15)23-17/h5-12,25H,3-4H2,1-2H3. The van der Waals surface area contributed by atoms with Crippen LogP contribution in [0.1, 0.15) is 13.8 Å². The summed E-state index contributed by atoms with van der Waals surface area (Å²) in [5.41, 5.74) is 2.32. The third-order valence-corrected chi connectivity index (χ3v) is 4.70. The van der Waals surface area contributed by atoms with Gasteiger partial charge in [0.15, 0.2) is 0 Å². The van der Waals surface area contributed by atoms with Crippen LogP contribution in [0.4, 0.5) is 5.69 Å². The predicted molar refractivity (Wildman–Crippen MR) is 106 cm³/mol. The minimum atomic E-state index is -0.638. The molecule has 0 fully saturated rings. The molecule has 2 heterocycles. The molecule has 136 valence electrons. The highest BCUT2D eigenvalue weighted by Crippen LogP contribution is 2.34. The molecule has 1 N–H and O–H groups in total. The summed E-state index contributed by atoms with van der Waals surface area (Å²) >= 11 is 0. The van der Waals surface area contributed by atoms with E-state index in [0.29, 0.717) is 16.5 Å². The van der Waals surface area contributed by atoms with E-state index in [1.165, 1.54) is 6.20 Å². The van der Waals surface area contributed by atoms with Crippen LogP contribution < -0.4 is 10.5 Å². The van der Waals surface area contributed by atoms with Crippen molar-refractivity contribution in [1.29, 1.82) is 0 Å². The zero-order valence-electron chi connectivity index (χ0n) is 15.1. The monoisotopic (exact) mass is 361 g/mol. The Morgan fingerprint density at radius 1 is 1.07 bits per heavy atom. The first kappa shape index (κ1) is 17.0. The lowest BCUT2D eigenvalue weighted by atomic mass is 10.1. The van der Waals surface area contributed by atoms with Gasteiger partial charge in [-0.2, -0.15) is 0 Å². The molecule has 0 aliphatic rings. The first-order valence-electron chi connectivity index (χ1n) is 8.89. The lowest BCUT2D eigenvalue weighted by molar-refractivity contribution is 0.471. The Morgan fingerprint density at radius 2 is 1.81 bits per heavy atom. The number of hydrogen-bond donors (Lipinski definition) is 1. The molecule has 0 unspecified atom stereocenters. The summed E-state index contributed by atoms with van der Waals surface area (Å²) in [6, 6.07) is 12.8. The minimum Gasteiger partial charge on any atom is -0.506 e. The van der Waals surface area contributed by atoms with Crippen LogP contribution in [0.15, 0.2) is 57.9 Å². The predicted octanol–water partition coefficient (Wildman–Crippen LogP) is 3.96. The van der Waals surface area contributed by atoms with Crippen molar-refractivity contribution in [2.24, 2.45) is 0 Å². The smallest absolute Gasteiger partial charge is 0.349 e. The van der Waals surface area contributed by atoms with Gasteiger partial charge < -0.3 is 14.4 Å². The highest BCUT2D eigenvalue weighted by Gasteiger charge is 2.18. The zero-order valence-corrected chi connectivity index (χ0v) is 15.1. The van der Waals surface area contributed by atoms with E-state index < -0.39 is 5.63 Å². The Hall–Kier alpha value is -3.41. The normalized spacial score (nSPS) is 11.2. The summed E-state index contributed by atoms with van der Waals surface area (Å²) in [4.78, 5) is 23.5. The van der Waals surface area contributed by atoms with Crippen LogP contribution in [-0.2, 0) is 0 Å². The van der Waals surface area contributed by atoms with Gasteiger partial charge in [-0.05, 0) is 38.1 Å². The maximum absolute atomic E-state index is 12.6. The number of nitrogens with zero attached hydrogens (tertiary/aromatic N) is 3. The van der Waals surface area contributed by atoms with Crippen molar-refractivity contribution >= 4 is 27.7 Å². The third-order valence-electron chi connectivity index (χ3n) is 4.70. The molecular weight excluding hydrogens is 342 g/mol. The van der Waals surface area contributed by atoms with E-state index in [-0.39, 0.29) is 17.0 Å².